The minimum Gasteiger partial charge on any atom is -0.460 e. The molecule has 0 unspecified atom stereocenters. The van der Waals surface area contributed by atoms with Gasteiger partial charge in [0.15, 0.2) is 22.7 Å². The van der Waals surface area contributed by atoms with Gasteiger partial charge >= 0.3 is 6.01 Å². The van der Waals surface area contributed by atoms with Gasteiger partial charge in [0.1, 0.15) is 18.3 Å². The Kier molecular flexibility index (Phi) is 4.69. The van der Waals surface area contributed by atoms with E-state index in [9.17, 15) is 5.11 Å². The molecule has 3 atom stereocenters. The normalized spacial score (nSPS) is 29.2. The first kappa shape index (κ1) is 18.4. The lowest BCUT2D eigenvalue weighted by atomic mass is 10.0. The summed E-state index contributed by atoms with van der Waals surface area (Å²) in [5, 5.41) is 11.5. The number of aliphatic hydroxyl groups is 1. The van der Waals surface area contributed by atoms with Crippen molar-refractivity contribution in [1.82, 2.24) is 19.5 Å². The smallest absolute Gasteiger partial charge is 0.320 e. The summed E-state index contributed by atoms with van der Waals surface area (Å²) in [5.74, 6) is 0.225. The maximum atomic E-state index is 11.5. The molecule has 0 amide bonds. The van der Waals surface area contributed by atoms with Crippen molar-refractivity contribution in [3.05, 3.63) is 6.33 Å². The third-order valence-electron chi connectivity index (χ3n) is 5.37. The summed E-state index contributed by atoms with van der Waals surface area (Å²) < 4.78 is 19.1. The van der Waals surface area contributed by atoms with Gasteiger partial charge < -0.3 is 25.1 Å². The predicted molar refractivity (Wildman–Crippen MR) is 98.2 cm³/mol. The van der Waals surface area contributed by atoms with Gasteiger partial charge in [0.05, 0.1) is 19.0 Å². The van der Waals surface area contributed by atoms with E-state index in [2.05, 4.69) is 15.0 Å². The van der Waals surface area contributed by atoms with E-state index in [4.69, 9.17) is 19.9 Å². The maximum Gasteiger partial charge on any atom is 0.320 e. The lowest BCUT2D eigenvalue weighted by Crippen LogP contribution is -2.50. The molecule has 1 aliphatic heterocycles. The topological polar surface area (TPSA) is 118 Å². The average Bonchev–Trinajstić information content (AvgIpc) is 3.32. The number of hydrogen-bond acceptors (Lipinski definition) is 8. The molecule has 0 spiro atoms. The van der Waals surface area contributed by atoms with Crippen molar-refractivity contribution in [2.75, 3.05) is 12.3 Å². The second-order valence-corrected chi connectivity index (χ2v) is 7.63. The number of rotatable bonds is 5. The van der Waals surface area contributed by atoms with Crippen LogP contribution in [0.5, 0.6) is 6.01 Å². The molecule has 2 aromatic rings. The second kappa shape index (κ2) is 6.88. The van der Waals surface area contributed by atoms with Gasteiger partial charge in [0.25, 0.3) is 0 Å². The quantitative estimate of drug-likeness (QED) is 0.806. The van der Waals surface area contributed by atoms with Crippen LogP contribution in [0, 0.1) is 0 Å². The highest BCUT2D eigenvalue weighted by atomic mass is 16.6. The van der Waals surface area contributed by atoms with Gasteiger partial charge in [-0.1, -0.05) is 0 Å². The molecule has 2 aliphatic rings. The summed E-state index contributed by atoms with van der Waals surface area (Å²) in [5.41, 5.74) is 5.46. The molecule has 1 saturated heterocycles. The van der Waals surface area contributed by atoms with Crippen LogP contribution in [0.25, 0.3) is 11.2 Å². The lowest BCUT2D eigenvalue weighted by Gasteiger charge is -2.33. The van der Waals surface area contributed by atoms with Crippen LogP contribution in [0.1, 0.15) is 46.5 Å². The third-order valence-corrected chi connectivity index (χ3v) is 5.37. The first-order valence-corrected chi connectivity index (χ1v) is 9.56. The minimum absolute atomic E-state index is 0.0637. The first-order chi connectivity index (χ1) is 12.9. The van der Waals surface area contributed by atoms with Crippen LogP contribution in [0.3, 0.4) is 0 Å². The zero-order valence-electron chi connectivity index (χ0n) is 16.0. The Morgan fingerprint density at radius 2 is 2.07 bits per heavy atom. The van der Waals surface area contributed by atoms with Gasteiger partial charge in [0, 0.05) is 0 Å². The van der Waals surface area contributed by atoms with Crippen LogP contribution in [0.2, 0.25) is 0 Å². The summed E-state index contributed by atoms with van der Waals surface area (Å²) in [6, 6.07) is 0.213. The zero-order valence-corrected chi connectivity index (χ0v) is 16.0. The highest BCUT2D eigenvalue weighted by Crippen LogP contribution is 2.37. The fraction of sp³-hybridized carbons (Fsp3) is 0.722. The van der Waals surface area contributed by atoms with Crippen LogP contribution in [0.15, 0.2) is 6.33 Å². The van der Waals surface area contributed by atoms with Crippen molar-refractivity contribution >= 4 is 17.0 Å². The van der Waals surface area contributed by atoms with E-state index in [0.717, 1.165) is 25.7 Å². The van der Waals surface area contributed by atoms with Crippen LogP contribution >= 0.6 is 0 Å². The number of nitrogens with two attached hydrogens (primary N) is 1. The van der Waals surface area contributed by atoms with Crippen LogP contribution in [0.4, 0.5) is 5.82 Å². The molecular weight excluding hydrogens is 350 g/mol. The van der Waals surface area contributed by atoms with E-state index < -0.39 is 17.9 Å². The minimum atomic E-state index is -1.45. The standard InChI is InChI=1S/C18H27N5O4/c1-10(2)26-13-8-25-11(3)18(13,24)23-9-20-14-15(19)21-17(22-16(14)23)27-12-6-4-5-7-12/h9-13,24H,4-8H2,1-3H3,(H2,19,21,22)/t11-,13+,18+/m1/s1. The first-order valence-electron chi connectivity index (χ1n) is 9.56. The number of anilines is 1. The molecule has 4 rings (SSSR count). The molecule has 1 aliphatic carbocycles. The molecule has 27 heavy (non-hydrogen) atoms. The number of fused-ring (bicyclic) bond motifs is 1. The highest BCUT2D eigenvalue weighted by Gasteiger charge is 2.52. The zero-order chi connectivity index (χ0) is 19.2. The van der Waals surface area contributed by atoms with Crippen molar-refractivity contribution in [2.24, 2.45) is 0 Å². The largest absolute Gasteiger partial charge is 0.460 e. The Morgan fingerprint density at radius 3 is 2.78 bits per heavy atom. The molecule has 0 bridgehead atoms. The van der Waals surface area contributed by atoms with Gasteiger partial charge in [-0.25, -0.2) is 4.98 Å². The Bertz CT molecular complexity index is 819. The fourth-order valence-electron chi connectivity index (χ4n) is 3.93. The molecule has 0 aromatic carbocycles. The Balaban J connectivity index is 1.75. The number of nitrogen functional groups attached to an aromatic ring is 1. The molecule has 0 radical (unpaired) electrons. The fourth-order valence-corrected chi connectivity index (χ4v) is 3.93. The van der Waals surface area contributed by atoms with Gasteiger partial charge in [-0.2, -0.15) is 9.97 Å². The summed E-state index contributed by atoms with van der Waals surface area (Å²) in [6.45, 7) is 5.92. The average molecular weight is 377 g/mol. The molecule has 3 N–H and O–H groups in total. The SMILES string of the molecule is CC(C)O[C@H]1CO[C@H](C)[C@@]1(O)n1cnc2c(N)nc(OC3CCCC3)nc21. The van der Waals surface area contributed by atoms with E-state index >= 15 is 0 Å². The Labute approximate surface area is 157 Å². The summed E-state index contributed by atoms with van der Waals surface area (Å²) in [4.78, 5) is 13.1. The van der Waals surface area contributed by atoms with Crippen molar-refractivity contribution in [2.45, 2.75) is 76.6 Å². The van der Waals surface area contributed by atoms with Crippen molar-refractivity contribution in [1.29, 1.82) is 0 Å². The van der Waals surface area contributed by atoms with E-state index in [1.165, 1.54) is 6.33 Å². The number of hydrogen-bond donors (Lipinski definition) is 2. The molecule has 2 aromatic heterocycles. The van der Waals surface area contributed by atoms with Crippen molar-refractivity contribution in [3.8, 4) is 6.01 Å². The van der Waals surface area contributed by atoms with Gasteiger partial charge in [-0.05, 0) is 46.5 Å². The summed E-state index contributed by atoms with van der Waals surface area (Å²) in [6.07, 6.45) is 4.75. The van der Waals surface area contributed by atoms with Crippen LogP contribution < -0.4 is 10.5 Å². The Morgan fingerprint density at radius 1 is 1.33 bits per heavy atom. The third kappa shape index (κ3) is 3.13. The predicted octanol–water partition coefficient (Wildman–Crippen LogP) is 1.59. The molecule has 148 valence electrons. The number of ether oxygens (including phenoxy) is 3. The van der Waals surface area contributed by atoms with Crippen molar-refractivity contribution in [3.63, 3.8) is 0 Å². The monoisotopic (exact) mass is 377 g/mol. The number of imidazole rings is 1. The van der Waals surface area contributed by atoms with Gasteiger partial charge in [0.2, 0.25) is 0 Å². The maximum absolute atomic E-state index is 11.5. The molecule has 1 saturated carbocycles. The second-order valence-electron chi connectivity index (χ2n) is 7.63. The lowest BCUT2D eigenvalue weighted by molar-refractivity contribution is -0.161. The molecule has 9 nitrogen and oxygen atoms in total. The summed E-state index contributed by atoms with van der Waals surface area (Å²) >= 11 is 0. The molecule has 2 fully saturated rings. The van der Waals surface area contributed by atoms with Crippen LogP contribution in [-0.4, -0.2) is 55.6 Å². The molecular formula is C18H27N5O4. The molecule has 9 heteroatoms. The van der Waals surface area contributed by atoms with Gasteiger partial charge in [-0.15, -0.1) is 0 Å². The summed E-state index contributed by atoms with van der Waals surface area (Å²) in [7, 11) is 0. The number of aromatic nitrogens is 4. The van der Waals surface area contributed by atoms with E-state index in [0.29, 0.717) is 11.2 Å². The Hall–Kier alpha value is -1.97. The highest BCUT2D eigenvalue weighted by molar-refractivity contribution is 5.82. The van der Waals surface area contributed by atoms with Crippen molar-refractivity contribution < 1.29 is 19.3 Å². The van der Waals surface area contributed by atoms with E-state index in [-0.39, 0.29) is 30.6 Å². The van der Waals surface area contributed by atoms with E-state index in [1.807, 2.05) is 13.8 Å². The van der Waals surface area contributed by atoms with Gasteiger partial charge in [-0.3, -0.25) is 4.57 Å². The number of nitrogens with zero attached hydrogens (tertiary/aromatic N) is 4. The van der Waals surface area contributed by atoms with E-state index in [1.54, 1.807) is 11.5 Å². The van der Waals surface area contributed by atoms with Crippen LogP contribution in [-0.2, 0) is 15.2 Å². The molecule has 3 heterocycles.